The Hall–Kier alpha value is -2.12. The van der Waals surface area contributed by atoms with Gasteiger partial charge >= 0.3 is 6.03 Å². The molecule has 2 heterocycles. The molecule has 3 amide bonds. The first-order valence-electron chi connectivity index (χ1n) is 9.98. The molecule has 1 aromatic heterocycles. The summed E-state index contributed by atoms with van der Waals surface area (Å²) in [6.07, 6.45) is 3.68. The number of hydrogen-bond donors (Lipinski definition) is 2. The van der Waals surface area contributed by atoms with E-state index in [1.807, 2.05) is 14.1 Å². The van der Waals surface area contributed by atoms with E-state index >= 15 is 0 Å². The average molecular weight is 403 g/mol. The molecule has 0 bridgehead atoms. The Morgan fingerprint density at radius 1 is 1.21 bits per heavy atom. The summed E-state index contributed by atoms with van der Waals surface area (Å²) in [5, 5.41) is 9.31. The lowest BCUT2D eigenvalue weighted by Crippen LogP contribution is -2.44. The Bertz CT molecular complexity index is 805. The number of thiophene rings is 1. The van der Waals surface area contributed by atoms with Crippen LogP contribution in [-0.4, -0.2) is 68.1 Å². The van der Waals surface area contributed by atoms with Crippen LogP contribution in [0.2, 0.25) is 0 Å². The van der Waals surface area contributed by atoms with Crippen molar-refractivity contribution < 1.29 is 9.59 Å². The number of rotatable bonds is 8. The van der Waals surface area contributed by atoms with Crippen molar-refractivity contribution in [3.63, 3.8) is 0 Å². The van der Waals surface area contributed by atoms with Crippen LogP contribution in [0.5, 0.6) is 0 Å². The summed E-state index contributed by atoms with van der Waals surface area (Å²) < 4.78 is 1.29. The Morgan fingerprint density at radius 3 is 2.82 bits per heavy atom. The van der Waals surface area contributed by atoms with Crippen molar-refractivity contribution in [3.8, 4) is 0 Å². The van der Waals surface area contributed by atoms with Crippen LogP contribution in [-0.2, 0) is 11.2 Å². The first-order chi connectivity index (χ1) is 13.6. The first-order valence-corrected chi connectivity index (χ1v) is 10.9. The predicted octanol–water partition coefficient (Wildman–Crippen LogP) is 2.69. The molecule has 1 saturated heterocycles. The Labute approximate surface area is 170 Å². The monoisotopic (exact) mass is 402 g/mol. The van der Waals surface area contributed by atoms with Crippen molar-refractivity contribution >= 4 is 33.4 Å². The molecule has 2 N–H and O–H groups in total. The van der Waals surface area contributed by atoms with E-state index in [1.165, 1.54) is 15.6 Å². The fourth-order valence-corrected chi connectivity index (χ4v) is 4.75. The highest BCUT2D eigenvalue weighted by molar-refractivity contribution is 7.17. The molecule has 2 aromatic rings. The zero-order valence-electron chi connectivity index (χ0n) is 16.7. The van der Waals surface area contributed by atoms with Crippen molar-refractivity contribution in [3.05, 3.63) is 35.2 Å². The van der Waals surface area contributed by atoms with E-state index in [0.717, 1.165) is 38.8 Å². The van der Waals surface area contributed by atoms with Crippen LogP contribution in [0, 0.1) is 0 Å². The number of fused-ring (bicyclic) bond motifs is 1. The number of carbonyl (C=O) groups is 2. The van der Waals surface area contributed by atoms with Gasteiger partial charge in [-0.3, -0.25) is 9.69 Å². The molecule has 6 nitrogen and oxygen atoms in total. The van der Waals surface area contributed by atoms with Crippen LogP contribution in [0.25, 0.3) is 10.1 Å². The highest BCUT2D eigenvalue weighted by Crippen LogP contribution is 2.25. The maximum absolute atomic E-state index is 12.2. The summed E-state index contributed by atoms with van der Waals surface area (Å²) in [5.74, 6) is 0.184. The fraction of sp³-hybridized carbons (Fsp3) is 0.524. The van der Waals surface area contributed by atoms with Gasteiger partial charge < -0.3 is 15.5 Å². The van der Waals surface area contributed by atoms with Crippen LogP contribution >= 0.6 is 11.3 Å². The van der Waals surface area contributed by atoms with Crippen LogP contribution < -0.4 is 10.6 Å². The van der Waals surface area contributed by atoms with Crippen LogP contribution in [0.4, 0.5) is 4.79 Å². The molecule has 0 aliphatic carbocycles. The predicted molar refractivity (Wildman–Crippen MR) is 115 cm³/mol. The smallest absolute Gasteiger partial charge is 0.314 e. The summed E-state index contributed by atoms with van der Waals surface area (Å²) in [4.78, 5) is 28.1. The molecule has 1 aliphatic heterocycles. The molecule has 1 atom stereocenters. The molecule has 28 heavy (non-hydrogen) atoms. The standard InChI is InChI=1S/C21H30N4O2S/c1-24(2)20(26)18-8-5-13-25(18)14-6-11-22-21(27)23-12-10-16-15-28-19-9-4-3-7-17(16)19/h3-4,7,9,15,18H,5-6,8,10-14H2,1-2H3,(H2,22,23,27). The largest absolute Gasteiger partial charge is 0.347 e. The SMILES string of the molecule is CN(C)C(=O)C1CCCN1CCCNC(=O)NCCc1csc2ccccc12. The van der Waals surface area contributed by atoms with Crippen molar-refractivity contribution in [2.75, 3.05) is 40.3 Å². The molecule has 1 fully saturated rings. The number of amides is 3. The molecule has 1 unspecified atom stereocenters. The van der Waals surface area contributed by atoms with E-state index < -0.39 is 0 Å². The van der Waals surface area contributed by atoms with E-state index in [-0.39, 0.29) is 18.0 Å². The molecular formula is C21H30N4O2S. The molecule has 1 aliphatic rings. The van der Waals surface area contributed by atoms with E-state index in [4.69, 9.17) is 0 Å². The number of likely N-dealkylation sites (N-methyl/N-ethyl adjacent to an activating group) is 1. The van der Waals surface area contributed by atoms with Gasteiger partial charge in [-0.05, 0) is 54.6 Å². The van der Waals surface area contributed by atoms with E-state index in [2.05, 4.69) is 45.2 Å². The molecular weight excluding hydrogens is 372 g/mol. The quantitative estimate of drug-likeness (QED) is 0.668. The number of likely N-dealkylation sites (tertiary alicyclic amines) is 1. The second kappa shape index (κ2) is 9.89. The van der Waals surface area contributed by atoms with Crippen molar-refractivity contribution in [2.45, 2.75) is 31.7 Å². The Balaban J connectivity index is 1.32. The van der Waals surface area contributed by atoms with E-state index in [1.54, 1.807) is 16.2 Å². The van der Waals surface area contributed by atoms with Crippen molar-refractivity contribution in [1.29, 1.82) is 0 Å². The fourth-order valence-electron chi connectivity index (χ4n) is 3.76. The third kappa shape index (κ3) is 5.23. The van der Waals surface area contributed by atoms with Crippen LogP contribution in [0.15, 0.2) is 29.6 Å². The second-order valence-corrected chi connectivity index (χ2v) is 8.38. The minimum atomic E-state index is -0.123. The molecule has 1 aromatic carbocycles. The van der Waals surface area contributed by atoms with Gasteiger partial charge in [-0.15, -0.1) is 11.3 Å². The second-order valence-electron chi connectivity index (χ2n) is 7.47. The number of hydrogen-bond acceptors (Lipinski definition) is 4. The summed E-state index contributed by atoms with van der Waals surface area (Å²) in [7, 11) is 3.62. The van der Waals surface area contributed by atoms with Crippen LogP contribution in [0.1, 0.15) is 24.8 Å². The topological polar surface area (TPSA) is 64.7 Å². The lowest BCUT2D eigenvalue weighted by molar-refractivity contribution is -0.133. The number of carbonyl (C=O) groups excluding carboxylic acids is 2. The number of benzene rings is 1. The zero-order chi connectivity index (χ0) is 19.9. The van der Waals surface area contributed by atoms with Gasteiger partial charge in [-0.25, -0.2) is 4.79 Å². The molecule has 7 heteroatoms. The van der Waals surface area contributed by atoms with E-state index in [0.29, 0.717) is 13.1 Å². The first kappa shape index (κ1) is 20.6. The van der Waals surface area contributed by atoms with Gasteiger partial charge in [0, 0.05) is 38.4 Å². The highest BCUT2D eigenvalue weighted by Gasteiger charge is 2.30. The normalized spacial score (nSPS) is 17.0. The minimum Gasteiger partial charge on any atom is -0.347 e. The van der Waals surface area contributed by atoms with Gasteiger partial charge in [-0.2, -0.15) is 0 Å². The van der Waals surface area contributed by atoms with Gasteiger partial charge in [0.15, 0.2) is 0 Å². The van der Waals surface area contributed by atoms with Gasteiger partial charge in [0.2, 0.25) is 5.91 Å². The van der Waals surface area contributed by atoms with Gasteiger partial charge in [0.05, 0.1) is 6.04 Å². The van der Waals surface area contributed by atoms with E-state index in [9.17, 15) is 9.59 Å². The molecule has 152 valence electrons. The van der Waals surface area contributed by atoms with Crippen molar-refractivity contribution in [2.24, 2.45) is 0 Å². The number of nitrogens with zero attached hydrogens (tertiary/aromatic N) is 2. The summed E-state index contributed by atoms with van der Waals surface area (Å²) in [6.45, 7) is 3.04. The molecule has 0 saturated carbocycles. The zero-order valence-corrected chi connectivity index (χ0v) is 17.6. The maximum atomic E-state index is 12.2. The molecule has 0 radical (unpaired) electrons. The van der Waals surface area contributed by atoms with Gasteiger partial charge in [-0.1, -0.05) is 18.2 Å². The third-order valence-electron chi connectivity index (χ3n) is 5.24. The van der Waals surface area contributed by atoms with Gasteiger partial charge in [0.25, 0.3) is 0 Å². The number of nitrogens with one attached hydrogen (secondary N) is 2. The summed E-state index contributed by atoms with van der Waals surface area (Å²) >= 11 is 1.75. The lowest BCUT2D eigenvalue weighted by atomic mass is 10.1. The average Bonchev–Trinajstić information content (AvgIpc) is 3.32. The lowest BCUT2D eigenvalue weighted by Gasteiger charge is -2.26. The minimum absolute atomic E-state index is 0.00394. The Kier molecular flexibility index (Phi) is 7.28. The number of urea groups is 1. The molecule has 3 rings (SSSR count). The molecule has 0 spiro atoms. The van der Waals surface area contributed by atoms with Crippen LogP contribution in [0.3, 0.4) is 0 Å². The summed E-state index contributed by atoms with van der Waals surface area (Å²) in [6, 6.07) is 8.24. The Morgan fingerprint density at radius 2 is 2.00 bits per heavy atom. The highest BCUT2D eigenvalue weighted by atomic mass is 32.1. The summed E-state index contributed by atoms with van der Waals surface area (Å²) in [5.41, 5.74) is 1.28. The third-order valence-corrected chi connectivity index (χ3v) is 6.25. The van der Waals surface area contributed by atoms with Crippen molar-refractivity contribution in [1.82, 2.24) is 20.4 Å². The maximum Gasteiger partial charge on any atom is 0.314 e. The van der Waals surface area contributed by atoms with Gasteiger partial charge in [0.1, 0.15) is 0 Å².